The van der Waals surface area contributed by atoms with Crippen LogP contribution in [0.3, 0.4) is 0 Å². The highest BCUT2D eigenvalue weighted by atomic mass is 16.1. The van der Waals surface area contributed by atoms with Gasteiger partial charge in [0.15, 0.2) is 0 Å². The molecule has 78 valence electrons. The normalized spacial score (nSPS) is 31.1. The number of carbonyl (C=O) groups excluding carboxylic acids is 1. The van der Waals surface area contributed by atoms with Crippen molar-refractivity contribution in [3.05, 3.63) is 11.1 Å². The van der Waals surface area contributed by atoms with Crippen LogP contribution in [0.15, 0.2) is 11.1 Å². The molecule has 2 aliphatic rings. The molecule has 0 aromatic rings. The molecule has 0 radical (unpaired) electrons. The monoisotopic (exact) mass is 192 g/mol. The fourth-order valence-corrected chi connectivity index (χ4v) is 3.06. The molecule has 1 heteroatoms. The van der Waals surface area contributed by atoms with Gasteiger partial charge in [0, 0.05) is 5.92 Å². The van der Waals surface area contributed by atoms with Crippen molar-refractivity contribution in [3.63, 3.8) is 0 Å². The highest BCUT2D eigenvalue weighted by Gasteiger charge is 2.33. The number of hydrogen-bond donors (Lipinski definition) is 0. The fraction of sp³-hybridized carbons (Fsp3) is 0.769. The average Bonchev–Trinajstić information content (AvgIpc) is 2.17. The number of aldehydes is 1. The zero-order valence-corrected chi connectivity index (χ0v) is 9.31. The molecule has 0 unspecified atom stereocenters. The number of carbonyl (C=O) groups is 1. The smallest absolute Gasteiger partial charge is 0.123 e. The molecule has 0 N–H and O–H groups in total. The summed E-state index contributed by atoms with van der Waals surface area (Å²) in [5.41, 5.74) is 3.67. The predicted octanol–water partition coefficient (Wildman–Crippen LogP) is 3.49. The van der Waals surface area contributed by atoms with E-state index in [4.69, 9.17) is 0 Å². The second-order valence-electron chi connectivity index (χ2n) is 5.46. The van der Waals surface area contributed by atoms with Gasteiger partial charge in [-0.15, -0.1) is 0 Å². The molecule has 0 heterocycles. The highest BCUT2D eigenvalue weighted by molar-refractivity contribution is 5.55. The van der Waals surface area contributed by atoms with E-state index in [-0.39, 0.29) is 0 Å². The Morgan fingerprint density at radius 2 is 2.14 bits per heavy atom. The molecule has 0 aromatic heterocycles. The Kier molecular flexibility index (Phi) is 2.50. The van der Waals surface area contributed by atoms with Gasteiger partial charge < -0.3 is 4.79 Å². The summed E-state index contributed by atoms with van der Waals surface area (Å²) < 4.78 is 0. The van der Waals surface area contributed by atoms with E-state index in [0.29, 0.717) is 11.3 Å². The van der Waals surface area contributed by atoms with E-state index in [2.05, 4.69) is 13.8 Å². The Bertz CT molecular complexity index is 273. The summed E-state index contributed by atoms with van der Waals surface area (Å²) in [7, 11) is 0. The maximum Gasteiger partial charge on any atom is 0.123 e. The van der Waals surface area contributed by atoms with E-state index in [0.717, 1.165) is 19.1 Å². The van der Waals surface area contributed by atoms with Crippen molar-refractivity contribution in [3.8, 4) is 0 Å². The SMILES string of the molecule is CC1(C)CCCC2=C1C[C@H](C=O)CC2. The summed E-state index contributed by atoms with van der Waals surface area (Å²) in [6.07, 6.45) is 8.43. The molecule has 1 atom stereocenters. The van der Waals surface area contributed by atoms with E-state index < -0.39 is 0 Å². The summed E-state index contributed by atoms with van der Waals surface area (Å²) in [5.74, 6) is 0.311. The van der Waals surface area contributed by atoms with Crippen LogP contribution in [0.4, 0.5) is 0 Å². The van der Waals surface area contributed by atoms with Gasteiger partial charge >= 0.3 is 0 Å². The first-order chi connectivity index (χ1) is 6.63. The van der Waals surface area contributed by atoms with Gasteiger partial charge in [-0.1, -0.05) is 25.0 Å². The van der Waals surface area contributed by atoms with E-state index >= 15 is 0 Å². The highest BCUT2D eigenvalue weighted by Crippen LogP contribution is 2.47. The summed E-state index contributed by atoms with van der Waals surface area (Å²) in [6.45, 7) is 4.68. The maximum absolute atomic E-state index is 10.8. The third-order valence-corrected chi connectivity index (χ3v) is 4.00. The van der Waals surface area contributed by atoms with Crippen LogP contribution in [0.2, 0.25) is 0 Å². The van der Waals surface area contributed by atoms with Crippen molar-refractivity contribution in [1.29, 1.82) is 0 Å². The number of rotatable bonds is 1. The number of hydrogen-bond acceptors (Lipinski definition) is 1. The van der Waals surface area contributed by atoms with Crippen LogP contribution in [0.1, 0.15) is 52.4 Å². The van der Waals surface area contributed by atoms with Crippen LogP contribution >= 0.6 is 0 Å². The minimum atomic E-state index is 0.311. The fourth-order valence-electron chi connectivity index (χ4n) is 3.06. The largest absolute Gasteiger partial charge is 0.303 e. The third kappa shape index (κ3) is 1.65. The van der Waals surface area contributed by atoms with Crippen LogP contribution in [0, 0.1) is 11.3 Å². The lowest BCUT2D eigenvalue weighted by atomic mass is 9.66. The van der Waals surface area contributed by atoms with Gasteiger partial charge in [0.05, 0.1) is 0 Å². The molecule has 0 amide bonds. The lowest BCUT2D eigenvalue weighted by Crippen LogP contribution is -2.26. The van der Waals surface area contributed by atoms with Crippen LogP contribution in [0.5, 0.6) is 0 Å². The first-order valence-corrected chi connectivity index (χ1v) is 5.80. The first-order valence-electron chi connectivity index (χ1n) is 5.80. The van der Waals surface area contributed by atoms with E-state index in [1.165, 1.54) is 25.7 Å². The lowest BCUT2D eigenvalue weighted by Gasteiger charge is -2.39. The zero-order chi connectivity index (χ0) is 10.2. The van der Waals surface area contributed by atoms with E-state index in [1.807, 2.05) is 0 Å². The Balaban J connectivity index is 2.26. The summed E-state index contributed by atoms with van der Waals surface area (Å²) in [4.78, 5) is 10.8. The molecule has 2 aliphatic carbocycles. The molecule has 1 nitrogen and oxygen atoms in total. The molecule has 0 saturated heterocycles. The molecule has 0 spiro atoms. The summed E-state index contributed by atoms with van der Waals surface area (Å²) in [5, 5.41) is 0. The lowest BCUT2D eigenvalue weighted by molar-refractivity contribution is -0.111. The van der Waals surface area contributed by atoms with Gasteiger partial charge in [0.1, 0.15) is 6.29 Å². The van der Waals surface area contributed by atoms with Crippen LogP contribution in [-0.2, 0) is 4.79 Å². The van der Waals surface area contributed by atoms with Gasteiger partial charge in [0.2, 0.25) is 0 Å². The van der Waals surface area contributed by atoms with Crippen molar-refractivity contribution in [2.45, 2.75) is 52.4 Å². The van der Waals surface area contributed by atoms with Crippen molar-refractivity contribution in [2.75, 3.05) is 0 Å². The summed E-state index contributed by atoms with van der Waals surface area (Å²) in [6, 6.07) is 0. The second kappa shape index (κ2) is 3.52. The minimum absolute atomic E-state index is 0.311. The average molecular weight is 192 g/mol. The molecule has 0 aliphatic heterocycles. The van der Waals surface area contributed by atoms with E-state index in [1.54, 1.807) is 11.1 Å². The quantitative estimate of drug-likeness (QED) is 0.459. The van der Waals surface area contributed by atoms with Gasteiger partial charge in [0.25, 0.3) is 0 Å². The second-order valence-corrected chi connectivity index (χ2v) is 5.46. The van der Waals surface area contributed by atoms with Crippen LogP contribution in [0.25, 0.3) is 0 Å². The Morgan fingerprint density at radius 3 is 2.86 bits per heavy atom. The molecule has 14 heavy (non-hydrogen) atoms. The number of allylic oxidation sites excluding steroid dienone is 2. The first kappa shape index (κ1) is 9.95. The maximum atomic E-state index is 10.8. The summed E-state index contributed by atoms with van der Waals surface area (Å²) >= 11 is 0. The van der Waals surface area contributed by atoms with Crippen LogP contribution in [-0.4, -0.2) is 6.29 Å². The van der Waals surface area contributed by atoms with Gasteiger partial charge in [-0.2, -0.15) is 0 Å². The predicted molar refractivity (Wildman–Crippen MR) is 58.1 cm³/mol. The van der Waals surface area contributed by atoms with Crippen molar-refractivity contribution in [2.24, 2.45) is 11.3 Å². The van der Waals surface area contributed by atoms with Gasteiger partial charge in [-0.3, -0.25) is 0 Å². The topological polar surface area (TPSA) is 17.1 Å². The zero-order valence-electron chi connectivity index (χ0n) is 9.31. The molecule has 0 bridgehead atoms. The van der Waals surface area contributed by atoms with Gasteiger partial charge in [-0.25, -0.2) is 0 Å². The van der Waals surface area contributed by atoms with Crippen molar-refractivity contribution < 1.29 is 4.79 Å². The third-order valence-electron chi connectivity index (χ3n) is 4.00. The minimum Gasteiger partial charge on any atom is -0.303 e. The molecule has 0 aromatic carbocycles. The van der Waals surface area contributed by atoms with Crippen LogP contribution < -0.4 is 0 Å². The Morgan fingerprint density at radius 1 is 1.36 bits per heavy atom. The standard InChI is InChI=1S/C13H20O/c1-13(2)7-3-4-11-6-5-10(9-14)8-12(11)13/h9-10H,3-8H2,1-2H3/t10-/m1/s1. The van der Waals surface area contributed by atoms with Crippen molar-refractivity contribution >= 4 is 6.29 Å². The molecular formula is C13H20O. The van der Waals surface area contributed by atoms with Crippen molar-refractivity contribution in [1.82, 2.24) is 0 Å². The Labute approximate surface area is 86.6 Å². The molecule has 0 saturated carbocycles. The van der Waals surface area contributed by atoms with Gasteiger partial charge in [-0.05, 0) is 43.9 Å². The molecular weight excluding hydrogens is 172 g/mol. The molecule has 2 rings (SSSR count). The van der Waals surface area contributed by atoms with E-state index in [9.17, 15) is 4.79 Å². The molecule has 0 fully saturated rings. The Hall–Kier alpha value is -0.590.